The Morgan fingerprint density at radius 1 is 1.09 bits per heavy atom. The second kappa shape index (κ2) is 10.4. The summed E-state index contributed by atoms with van der Waals surface area (Å²) in [5.74, 6) is 0.0176. The lowest BCUT2D eigenvalue weighted by atomic mass is 9.84. The number of aromatic nitrogens is 1. The molecule has 2 N–H and O–H groups in total. The molecule has 0 bridgehead atoms. The monoisotopic (exact) mass is 480 g/mol. The molecule has 1 aromatic heterocycles. The number of fused-ring (bicyclic) bond motifs is 2. The molecule has 2 aliphatic carbocycles. The first-order valence-corrected chi connectivity index (χ1v) is 12.9. The van der Waals surface area contributed by atoms with E-state index in [0.717, 1.165) is 23.7 Å². The number of amides is 1. The van der Waals surface area contributed by atoms with Crippen molar-refractivity contribution in [3.8, 4) is 0 Å². The molecule has 5 heteroatoms. The molecule has 0 saturated carbocycles. The van der Waals surface area contributed by atoms with Crippen molar-refractivity contribution in [3.63, 3.8) is 0 Å². The van der Waals surface area contributed by atoms with Gasteiger partial charge in [0.25, 0.3) is 11.7 Å². The first-order chi connectivity index (χ1) is 17.1. The minimum atomic E-state index is -0.561. The van der Waals surface area contributed by atoms with E-state index in [0.29, 0.717) is 23.8 Å². The van der Waals surface area contributed by atoms with Crippen LogP contribution in [0.25, 0.3) is 10.9 Å². The number of hydrogen-bond acceptors (Lipinski definition) is 3. The van der Waals surface area contributed by atoms with Gasteiger partial charge in [-0.15, -0.1) is 11.8 Å². The molecule has 0 aliphatic heterocycles. The van der Waals surface area contributed by atoms with Crippen molar-refractivity contribution in [1.29, 1.82) is 0 Å². The van der Waals surface area contributed by atoms with Crippen molar-refractivity contribution in [2.75, 3.05) is 12.3 Å². The van der Waals surface area contributed by atoms with E-state index in [1.165, 1.54) is 27.2 Å². The normalized spacial score (nSPS) is 16.8. The minimum absolute atomic E-state index is 0.371. The highest BCUT2D eigenvalue weighted by Crippen LogP contribution is 2.40. The number of nitrogens with one attached hydrogen (secondary N) is 2. The van der Waals surface area contributed by atoms with Gasteiger partial charge in [0.2, 0.25) is 0 Å². The zero-order valence-electron chi connectivity index (χ0n) is 19.7. The maximum atomic E-state index is 12.7. The largest absolute Gasteiger partial charge is 0.360 e. The minimum Gasteiger partial charge on any atom is -0.360 e. The average Bonchev–Trinajstić information content (AvgIpc) is 3.31. The van der Waals surface area contributed by atoms with Crippen LogP contribution in [0.3, 0.4) is 0 Å². The van der Waals surface area contributed by atoms with Crippen LogP contribution in [0.15, 0.2) is 101 Å². The van der Waals surface area contributed by atoms with E-state index >= 15 is 0 Å². The van der Waals surface area contributed by atoms with Gasteiger partial charge in [-0.2, -0.15) is 0 Å². The molecule has 4 nitrogen and oxygen atoms in total. The van der Waals surface area contributed by atoms with Crippen LogP contribution >= 0.6 is 11.8 Å². The molecule has 176 valence electrons. The number of Topliss-reactive ketones (excluding diaryl/α,β-unsaturated/α-hetero) is 1. The van der Waals surface area contributed by atoms with Crippen molar-refractivity contribution in [1.82, 2.24) is 10.3 Å². The van der Waals surface area contributed by atoms with Crippen LogP contribution in [0.5, 0.6) is 0 Å². The number of aromatic amines is 1. The van der Waals surface area contributed by atoms with Crippen LogP contribution in [0, 0.1) is 12.8 Å². The number of carbonyl (C=O) groups is 2. The van der Waals surface area contributed by atoms with E-state index in [1.54, 1.807) is 18.0 Å². The number of rotatable bonds is 8. The second-order valence-corrected chi connectivity index (χ2v) is 10.2. The highest BCUT2D eigenvalue weighted by Gasteiger charge is 2.24. The summed E-state index contributed by atoms with van der Waals surface area (Å²) in [7, 11) is 0. The molecule has 1 heterocycles. The summed E-state index contributed by atoms with van der Waals surface area (Å²) in [5, 5.41) is 3.58. The van der Waals surface area contributed by atoms with Gasteiger partial charge in [0.15, 0.2) is 0 Å². The Morgan fingerprint density at radius 3 is 2.77 bits per heavy atom. The quantitative estimate of drug-likeness (QED) is 0.233. The third-order valence-corrected chi connectivity index (χ3v) is 7.59. The molecule has 0 spiro atoms. The molecule has 35 heavy (non-hydrogen) atoms. The highest BCUT2D eigenvalue weighted by atomic mass is 32.2. The van der Waals surface area contributed by atoms with E-state index in [4.69, 9.17) is 0 Å². The van der Waals surface area contributed by atoms with Crippen LogP contribution in [-0.4, -0.2) is 29.0 Å². The van der Waals surface area contributed by atoms with E-state index in [-0.39, 0.29) is 0 Å². The Kier molecular flexibility index (Phi) is 6.87. The summed E-state index contributed by atoms with van der Waals surface area (Å²) in [5.41, 5.74) is 6.48. The van der Waals surface area contributed by atoms with Crippen LogP contribution in [0.2, 0.25) is 0 Å². The van der Waals surface area contributed by atoms with Crippen molar-refractivity contribution < 1.29 is 9.59 Å². The number of aryl methyl sites for hydroxylation is 1. The summed E-state index contributed by atoms with van der Waals surface area (Å²) < 4.78 is 0. The summed E-state index contributed by atoms with van der Waals surface area (Å²) >= 11 is 1.77. The van der Waals surface area contributed by atoms with E-state index in [1.807, 2.05) is 24.3 Å². The molecule has 0 fully saturated rings. The molecule has 5 rings (SSSR count). The maximum absolute atomic E-state index is 12.7. The maximum Gasteiger partial charge on any atom is 0.292 e. The van der Waals surface area contributed by atoms with Crippen LogP contribution in [0.1, 0.15) is 27.9 Å². The van der Waals surface area contributed by atoms with Crippen molar-refractivity contribution in [2.24, 2.45) is 5.92 Å². The Morgan fingerprint density at radius 2 is 1.91 bits per heavy atom. The Balaban J connectivity index is 1.20. The van der Waals surface area contributed by atoms with Gasteiger partial charge in [-0.1, -0.05) is 72.3 Å². The predicted molar refractivity (Wildman–Crippen MR) is 144 cm³/mol. The Hall–Kier alpha value is -3.57. The lowest BCUT2D eigenvalue weighted by molar-refractivity contribution is -0.116. The number of hydrogen-bond donors (Lipinski definition) is 2. The zero-order valence-corrected chi connectivity index (χ0v) is 20.5. The number of allylic oxidation sites excluding steroid dienone is 8. The molecule has 2 aromatic carbocycles. The summed E-state index contributed by atoms with van der Waals surface area (Å²) in [6.45, 7) is 2.54. The van der Waals surface area contributed by atoms with Gasteiger partial charge in [-0.25, -0.2) is 0 Å². The number of benzene rings is 2. The number of ketones is 1. The Bertz CT molecular complexity index is 1390. The second-order valence-electron chi connectivity index (χ2n) is 8.99. The molecule has 1 unspecified atom stereocenters. The van der Waals surface area contributed by atoms with Gasteiger partial charge in [-0.3, -0.25) is 9.59 Å². The fourth-order valence-corrected chi connectivity index (χ4v) is 5.70. The van der Waals surface area contributed by atoms with Crippen molar-refractivity contribution in [2.45, 2.75) is 19.8 Å². The van der Waals surface area contributed by atoms with E-state index in [2.05, 4.69) is 71.9 Å². The number of H-pyrrole nitrogens is 1. The summed E-state index contributed by atoms with van der Waals surface area (Å²) in [6.07, 6.45) is 14.7. The fraction of sp³-hybridized carbons (Fsp3) is 0.200. The zero-order chi connectivity index (χ0) is 24.2. The average molecular weight is 481 g/mol. The van der Waals surface area contributed by atoms with Crippen molar-refractivity contribution in [3.05, 3.63) is 118 Å². The van der Waals surface area contributed by atoms with E-state index in [9.17, 15) is 9.59 Å². The number of thioether (sulfide) groups is 1. The summed E-state index contributed by atoms with van der Waals surface area (Å²) in [4.78, 5) is 29.6. The van der Waals surface area contributed by atoms with Gasteiger partial charge in [0.05, 0.1) is 5.56 Å². The van der Waals surface area contributed by atoms with Crippen LogP contribution in [-0.2, 0) is 11.2 Å². The van der Waals surface area contributed by atoms with Gasteiger partial charge in [-0.05, 0) is 53.5 Å². The first kappa shape index (κ1) is 23.2. The van der Waals surface area contributed by atoms with Crippen LogP contribution in [0.4, 0.5) is 0 Å². The third-order valence-electron chi connectivity index (χ3n) is 6.45. The van der Waals surface area contributed by atoms with Gasteiger partial charge in [0, 0.05) is 35.3 Å². The van der Waals surface area contributed by atoms with E-state index < -0.39 is 11.7 Å². The number of carbonyl (C=O) groups excluding carboxylic acids is 2. The summed E-state index contributed by atoms with van der Waals surface area (Å²) in [6, 6.07) is 16.2. The predicted octanol–water partition coefficient (Wildman–Crippen LogP) is 6.08. The standard InChI is InChI=1S/C30H28N2O2S/c1-20-10-12-21(13-11-20)16-22-17-23-6-2-3-7-24(23)28(18-22)35-15-14-31-30(34)29(33)26-19-32-27-9-5-4-8-25(26)27/h2-6,8-13,17-19,24,32H,7,14-16H2,1H3,(H,31,34). The molecule has 1 amide bonds. The number of para-hydroxylation sites is 1. The van der Waals surface area contributed by atoms with Crippen LogP contribution < -0.4 is 5.32 Å². The topological polar surface area (TPSA) is 62.0 Å². The molecule has 1 atom stereocenters. The third kappa shape index (κ3) is 5.25. The van der Waals surface area contributed by atoms with Gasteiger partial charge >= 0.3 is 0 Å². The molecular formula is C30H28N2O2S. The smallest absolute Gasteiger partial charge is 0.292 e. The highest BCUT2D eigenvalue weighted by molar-refractivity contribution is 8.03. The molecule has 0 radical (unpaired) electrons. The molecule has 2 aliphatic rings. The molecule has 3 aromatic rings. The Labute approximate surface area is 209 Å². The van der Waals surface area contributed by atoms with Gasteiger partial charge in [0.1, 0.15) is 0 Å². The fourth-order valence-electron chi connectivity index (χ4n) is 4.60. The SMILES string of the molecule is Cc1ccc(CC2=CC3=CC=CCC3C(SCCNC(=O)C(=O)c3c[nH]c4ccccc34)=C2)cc1. The van der Waals surface area contributed by atoms with Crippen molar-refractivity contribution >= 4 is 34.4 Å². The van der Waals surface area contributed by atoms with Gasteiger partial charge < -0.3 is 10.3 Å². The lowest BCUT2D eigenvalue weighted by Crippen LogP contribution is -2.32. The molecular weight excluding hydrogens is 452 g/mol. The molecule has 0 saturated heterocycles. The first-order valence-electron chi connectivity index (χ1n) is 11.9. The lowest BCUT2D eigenvalue weighted by Gasteiger charge is -2.27.